The molecule has 0 spiro atoms. The molecule has 52 heavy (non-hydrogen) atoms. The van der Waals surface area contributed by atoms with Gasteiger partial charge in [0.1, 0.15) is 0 Å². The van der Waals surface area contributed by atoms with Gasteiger partial charge in [-0.2, -0.15) is 28.8 Å². The summed E-state index contributed by atoms with van der Waals surface area (Å²) in [5.41, 5.74) is 16.9. The van der Waals surface area contributed by atoms with E-state index in [0.29, 0.717) is 5.41 Å². The minimum absolute atomic E-state index is 0. The Hall–Kier alpha value is -3.10. The van der Waals surface area contributed by atoms with E-state index in [2.05, 4.69) is 122 Å². The molecule has 268 valence electrons. The Morgan fingerprint density at radius 2 is 1.29 bits per heavy atom. The van der Waals surface area contributed by atoms with Crippen LogP contribution in [0.4, 0.5) is 8.78 Å². The molecule has 3 aliphatic carbocycles. The second-order valence-electron chi connectivity index (χ2n) is 15.8. The van der Waals surface area contributed by atoms with Gasteiger partial charge in [0.05, 0.1) is 0 Å². The topological polar surface area (TPSA) is 0 Å². The summed E-state index contributed by atoms with van der Waals surface area (Å²) < 4.78 is 26.6. The third-order valence-electron chi connectivity index (χ3n) is 10.2. The minimum atomic E-state index is -0.244. The fourth-order valence-electron chi connectivity index (χ4n) is 6.98. The first kappa shape index (κ1) is 41.7. The molecule has 0 amide bonds. The number of fused-ring (bicyclic) bond motifs is 5. The number of benzene rings is 4. The van der Waals surface area contributed by atoms with Crippen molar-refractivity contribution in [3.63, 3.8) is 0 Å². The van der Waals surface area contributed by atoms with Crippen LogP contribution >= 0.6 is 0 Å². The van der Waals surface area contributed by atoms with Gasteiger partial charge in [-0.15, -0.1) is 11.6 Å². The van der Waals surface area contributed by atoms with Gasteiger partial charge in [0.15, 0.2) is 0 Å². The first-order valence-electron chi connectivity index (χ1n) is 17.6. The molecular formula is C47H46Cl2F2Zr-2. The maximum Gasteiger partial charge on any atom is -1.00 e. The summed E-state index contributed by atoms with van der Waals surface area (Å²) in [6.45, 7) is 18.1. The van der Waals surface area contributed by atoms with Crippen LogP contribution in [-0.2, 0) is 53.3 Å². The molecule has 0 N–H and O–H groups in total. The van der Waals surface area contributed by atoms with E-state index in [1.54, 1.807) is 24.3 Å². The molecule has 0 saturated heterocycles. The van der Waals surface area contributed by atoms with Crippen molar-refractivity contribution in [2.75, 3.05) is 0 Å². The minimum Gasteiger partial charge on any atom is -1.00 e. The number of halogens is 4. The third kappa shape index (κ3) is 8.81. The van der Waals surface area contributed by atoms with E-state index in [1.165, 1.54) is 104 Å². The van der Waals surface area contributed by atoms with Crippen LogP contribution < -0.4 is 24.8 Å². The van der Waals surface area contributed by atoms with E-state index in [4.69, 9.17) is 0 Å². The SMILES string of the molecule is CC1(C)[C-]=Cc2cc3c(cc21)Cc1cc2c(cc1-3)C=CC2(C)C.CCc1cc(C(C)(C)C)c[cH-]1.Fc1ccc([C](=[Zr+2])c2ccc(F)cc2)cc1.[Cl-].[Cl-]. The second-order valence-corrected chi connectivity index (χ2v) is 17.1. The zero-order chi connectivity index (χ0) is 36.0. The van der Waals surface area contributed by atoms with Gasteiger partial charge < -0.3 is 24.8 Å². The Bertz CT molecular complexity index is 2000. The molecule has 5 aromatic rings. The normalized spacial score (nSPS) is 14.7. The summed E-state index contributed by atoms with van der Waals surface area (Å²) in [5.74, 6) is -0.488. The Morgan fingerprint density at radius 3 is 1.77 bits per heavy atom. The molecule has 3 aliphatic rings. The second kappa shape index (κ2) is 16.1. The maximum absolute atomic E-state index is 12.8. The van der Waals surface area contributed by atoms with Crippen molar-refractivity contribution in [3.8, 4) is 11.1 Å². The zero-order valence-electron chi connectivity index (χ0n) is 31.3. The van der Waals surface area contributed by atoms with E-state index in [0.717, 1.165) is 27.2 Å². The molecule has 0 radical (unpaired) electrons. The molecule has 0 fully saturated rings. The first-order valence-corrected chi connectivity index (χ1v) is 18.8. The van der Waals surface area contributed by atoms with Crippen molar-refractivity contribution in [3.05, 3.63) is 170 Å². The van der Waals surface area contributed by atoms with Crippen LogP contribution in [0, 0.1) is 17.7 Å². The van der Waals surface area contributed by atoms with E-state index in [9.17, 15) is 8.78 Å². The summed E-state index contributed by atoms with van der Waals surface area (Å²) in [4.78, 5) is 0. The van der Waals surface area contributed by atoms with Crippen molar-refractivity contribution < 1.29 is 57.8 Å². The molecule has 0 unspecified atom stereocenters. The molecule has 0 heterocycles. The Kier molecular flexibility index (Phi) is 12.9. The standard InChI is InChI=1S/C23H21.C13H8F2.C11H17.2ClH.Zr/c1-22(2)7-5-14-10-18-16(12-20(14)22)9-17-13-21-15(11-19(17)18)6-8-23(21,3)4;14-12-5-1-10(2-6-12)9-11-3-7-13(15)8-4-11;1-5-9-6-7-10(8-9)11(2,3)4;;;/h5-7,10-13H,9H2,1-4H3;1-8H;6-8H,5H2,1-4H3;2*1H;/q-1;;-1;;;+2/p-2. The maximum atomic E-state index is 12.8. The fraction of sp³-hybridized carbons (Fsp3) is 0.277. The van der Waals surface area contributed by atoms with Crippen molar-refractivity contribution in [2.24, 2.45) is 0 Å². The Labute approximate surface area is 337 Å². The largest absolute Gasteiger partial charge is 1.00 e. The van der Waals surface area contributed by atoms with Gasteiger partial charge in [0.25, 0.3) is 0 Å². The van der Waals surface area contributed by atoms with Crippen LogP contribution in [0.25, 0.3) is 23.3 Å². The van der Waals surface area contributed by atoms with Crippen molar-refractivity contribution in [1.29, 1.82) is 0 Å². The van der Waals surface area contributed by atoms with Gasteiger partial charge in [-0.3, -0.25) is 6.08 Å². The molecule has 0 saturated carbocycles. The van der Waals surface area contributed by atoms with Crippen LogP contribution in [0.3, 0.4) is 0 Å². The molecule has 5 aromatic carbocycles. The first-order chi connectivity index (χ1) is 23.6. The van der Waals surface area contributed by atoms with Crippen LogP contribution in [0.15, 0.2) is 97.1 Å². The summed E-state index contributed by atoms with van der Waals surface area (Å²) in [7, 11) is 0. The van der Waals surface area contributed by atoms with Crippen molar-refractivity contribution in [1.82, 2.24) is 0 Å². The molecule has 5 heteroatoms. The number of rotatable bonds is 3. The predicted octanol–water partition coefficient (Wildman–Crippen LogP) is 6.02. The van der Waals surface area contributed by atoms with Gasteiger partial charge in [-0.25, -0.2) is 12.1 Å². The van der Waals surface area contributed by atoms with E-state index >= 15 is 0 Å². The summed E-state index contributed by atoms with van der Waals surface area (Å²) >= 11 is 1.22. The fourth-order valence-corrected chi connectivity index (χ4v) is 7.80. The Balaban J connectivity index is 0.000000184. The number of allylic oxidation sites excluding steroid dienone is 2. The van der Waals surface area contributed by atoms with E-state index < -0.39 is 0 Å². The van der Waals surface area contributed by atoms with Crippen molar-refractivity contribution in [2.45, 2.75) is 84.5 Å². The summed E-state index contributed by atoms with van der Waals surface area (Å²) in [5, 5.41) is 0. The molecule has 8 rings (SSSR count). The van der Waals surface area contributed by atoms with Gasteiger partial charge in [-0.1, -0.05) is 96.9 Å². The van der Waals surface area contributed by atoms with Crippen LogP contribution in [0.1, 0.15) is 111 Å². The van der Waals surface area contributed by atoms with Crippen molar-refractivity contribution >= 4 is 15.4 Å². The average Bonchev–Trinajstić information content (AvgIpc) is 3.84. The number of hydrogen-bond acceptors (Lipinski definition) is 0. The molecule has 0 aromatic heterocycles. The molecule has 0 bridgehead atoms. The van der Waals surface area contributed by atoms with Gasteiger partial charge in [0, 0.05) is 5.41 Å². The smallest absolute Gasteiger partial charge is 1.00 e. The Morgan fingerprint density at radius 1 is 0.769 bits per heavy atom. The molecular weight excluding hydrogens is 765 g/mol. The number of hydrogen-bond donors (Lipinski definition) is 0. The average molecular weight is 811 g/mol. The van der Waals surface area contributed by atoms with E-state index in [1.807, 2.05) is 0 Å². The molecule has 0 aliphatic heterocycles. The monoisotopic (exact) mass is 808 g/mol. The van der Waals surface area contributed by atoms with Crippen LogP contribution in [0.5, 0.6) is 0 Å². The summed E-state index contributed by atoms with van der Waals surface area (Å²) in [6.07, 6.45) is 12.5. The van der Waals surface area contributed by atoms with Crippen LogP contribution in [-0.4, -0.2) is 3.21 Å². The third-order valence-corrected chi connectivity index (χ3v) is 11.6. The van der Waals surface area contributed by atoms with Crippen LogP contribution in [0.2, 0.25) is 0 Å². The van der Waals surface area contributed by atoms with Gasteiger partial charge in [-0.05, 0) is 45.9 Å². The molecule has 0 nitrogen and oxygen atoms in total. The van der Waals surface area contributed by atoms with E-state index in [-0.39, 0.29) is 47.3 Å². The number of aryl methyl sites for hydroxylation is 1. The summed E-state index contributed by atoms with van der Waals surface area (Å²) in [6, 6.07) is 29.1. The zero-order valence-corrected chi connectivity index (χ0v) is 35.3. The van der Waals surface area contributed by atoms with Gasteiger partial charge in [0.2, 0.25) is 0 Å². The predicted molar refractivity (Wildman–Crippen MR) is 204 cm³/mol. The quantitative estimate of drug-likeness (QED) is 0.192. The molecule has 0 atom stereocenters. The van der Waals surface area contributed by atoms with Gasteiger partial charge >= 0.3 is 108 Å².